The van der Waals surface area contributed by atoms with E-state index in [0.717, 1.165) is 11.1 Å². The number of carbonyl (C=O) groups is 2. The van der Waals surface area contributed by atoms with Crippen LogP contribution in [-0.2, 0) is 4.79 Å². The molecule has 0 spiro atoms. The van der Waals surface area contributed by atoms with E-state index in [-0.39, 0.29) is 30.6 Å². The third-order valence-corrected chi connectivity index (χ3v) is 4.32. The standard InChI is InChI=1S/C21H26N2O2/c1-16-9-7-8-12-18(16)20(24)13-14-21(25)22-15-19(23(2)3)17-10-5-4-6-11-17/h4-12,19H,13-15H2,1-3H3,(H,22,25). The summed E-state index contributed by atoms with van der Waals surface area (Å²) in [7, 11) is 3.98. The van der Waals surface area contributed by atoms with Gasteiger partial charge in [0.2, 0.25) is 5.91 Å². The first-order valence-electron chi connectivity index (χ1n) is 8.56. The Balaban J connectivity index is 1.85. The molecular weight excluding hydrogens is 312 g/mol. The number of ketones is 1. The zero-order valence-electron chi connectivity index (χ0n) is 15.2. The quantitative estimate of drug-likeness (QED) is 0.751. The first-order valence-corrected chi connectivity index (χ1v) is 8.56. The van der Waals surface area contributed by atoms with Crippen LogP contribution in [0.3, 0.4) is 0 Å². The Hall–Kier alpha value is -2.46. The summed E-state index contributed by atoms with van der Waals surface area (Å²) in [5, 5.41) is 2.95. The second kappa shape index (κ2) is 9.14. The maximum atomic E-state index is 12.2. The molecule has 4 heteroatoms. The van der Waals surface area contributed by atoms with E-state index in [0.29, 0.717) is 12.1 Å². The Bertz CT molecular complexity index is 711. The number of likely N-dealkylation sites (N-methyl/N-ethyl adjacent to an activating group) is 1. The molecule has 1 amide bonds. The molecule has 1 N–H and O–H groups in total. The smallest absolute Gasteiger partial charge is 0.220 e. The van der Waals surface area contributed by atoms with E-state index in [9.17, 15) is 9.59 Å². The average Bonchev–Trinajstić information content (AvgIpc) is 2.61. The zero-order valence-corrected chi connectivity index (χ0v) is 15.2. The molecule has 1 atom stereocenters. The maximum absolute atomic E-state index is 12.2. The van der Waals surface area contributed by atoms with Gasteiger partial charge in [-0.2, -0.15) is 0 Å². The number of Topliss-reactive ketones (excluding diaryl/α,β-unsaturated/α-hetero) is 1. The fourth-order valence-electron chi connectivity index (χ4n) is 2.82. The summed E-state index contributed by atoms with van der Waals surface area (Å²) in [6.07, 6.45) is 0.441. The van der Waals surface area contributed by atoms with Gasteiger partial charge in [-0.15, -0.1) is 0 Å². The van der Waals surface area contributed by atoms with E-state index >= 15 is 0 Å². The number of hydrogen-bond donors (Lipinski definition) is 1. The molecule has 2 aromatic rings. The molecule has 2 rings (SSSR count). The minimum absolute atomic E-state index is 0.0143. The SMILES string of the molecule is Cc1ccccc1C(=O)CCC(=O)NCC(c1ccccc1)N(C)C. The van der Waals surface area contributed by atoms with Crippen molar-refractivity contribution in [1.29, 1.82) is 0 Å². The summed E-state index contributed by atoms with van der Waals surface area (Å²) in [5.74, 6) is -0.0785. The van der Waals surface area contributed by atoms with Crippen molar-refractivity contribution in [1.82, 2.24) is 10.2 Å². The Morgan fingerprint density at radius 1 is 0.960 bits per heavy atom. The predicted molar refractivity (Wildman–Crippen MR) is 101 cm³/mol. The average molecular weight is 338 g/mol. The van der Waals surface area contributed by atoms with Crippen molar-refractivity contribution in [2.24, 2.45) is 0 Å². The summed E-state index contributed by atoms with van der Waals surface area (Å²) >= 11 is 0. The molecule has 0 bridgehead atoms. The minimum atomic E-state index is -0.0929. The lowest BCUT2D eigenvalue weighted by atomic mass is 10.0. The van der Waals surface area contributed by atoms with Crippen LogP contribution in [0.4, 0.5) is 0 Å². The topological polar surface area (TPSA) is 49.4 Å². The van der Waals surface area contributed by atoms with Gasteiger partial charge in [-0.1, -0.05) is 54.6 Å². The van der Waals surface area contributed by atoms with Gasteiger partial charge in [0.15, 0.2) is 5.78 Å². The molecule has 0 aliphatic heterocycles. The fourth-order valence-corrected chi connectivity index (χ4v) is 2.82. The first-order chi connectivity index (χ1) is 12.0. The summed E-state index contributed by atoms with van der Waals surface area (Å²) in [5.41, 5.74) is 2.80. The van der Waals surface area contributed by atoms with Gasteiger partial charge < -0.3 is 10.2 Å². The van der Waals surface area contributed by atoms with E-state index in [1.807, 2.05) is 63.5 Å². The highest BCUT2D eigenvalue weighted by Gasteiger charge is 2.16. The molecule has 0 radical (unpaired) electrons. The van der Waals surface area contributed by atoms with Crippen LogP contribution in [-0.4, -0.2) is 37.2 Å². The number of benzene rings is 2. The third kappa shape index (κ3) is 5.54. The van der Waals surface area contributed by atoms with Crippen LogP contribution in [0.5, 0.6) is 0 Å². The summed E-state index contributed by atoms with van der Waals surface area (Å²) in [6.45, 7) is 2.43. The van der Waals surface area contributed by atoms with E-state index in [1.54, 1.807) is 0 Å². The lowest BCUT2D eigenvalue weighted by Gasteiger charge is -2.25. The molecule has 0 aliphatic carbocycles. The minimum Gasteiger partial charge on any atom is -0.354 e. The van der Waals surface area contributed by atoms with Gasteiger partial charge in [0.25, 0.3) is 0 Å². The Morgan fingerprint density at radius 3 is 2.24 bits per heavy atom. The summed E-state index contributed by atoms with van der Waals surface area (Å²) < 4.78 is 0. The van der Waals surface area contributed by atoms with E-state index in [4.69, 9.17) is 0 Å². The number of aryl methyl sites for hydroxylation is 1. The van der Waals surface area contributed by atoms with Crippen molar-refractivity contribution in [2.75, 3.05) is 20.6 Å². The maximum Gasteiger partial charge on any atom is 0.220 e. The van der Waals surface area contributed by atoms with Gasteiger partial charge in [0.05, 0.1) is 6.04 Å². The Kier molecular flexibility index (Phi) is 6.90. The first kappa shape index (κ1) is 18.9. The number of carbonyl (C=O) groups excluding carboxylic acids is 2. The van der Waals surface area contributed by atoms with Crippen molar-refractivity contribution >= 4 is 11.7 Å². The third-order valence-electron chi connectivity index (χ3n) is 4.32. The Labute approximate surface area is 149 Å². The molecule has 0 aliphatic rings. The number of hydrogen-bond acceptors (Lipinski definition) is 3. The molecule has 25 heavy (non-hydrogen) atoms. The highest BCUT2D eigenvalue weighted by Crippen LogP contribution is 2.17. The lowest BCUT2D eigenvalue weighted by molar-refractivity contribution is -0.121. The summed E-state index contributed by atoms with van der Waals surface area (Å²) in [4.78, 5) is 26.5. The molecular formula is C21H26N2O2. The molecule has 0 saturated heterocycles. The second-order valence-corrected chi connectivity index (χ2v) is 6.43. The van der Waals surface area contributed by atoms with Crippen molar-refractivity contribution in [3.8, 4) is 0 Å². The van der Waals surface area contributed by atoms with E-state index < -0.39 is 0 Å². The van der Waals surface area contributed by atoms with E-state index in [2.05, 4.69) is 22.3 Å². The largest absolute Gasteiger partial charge is 0.354 e. The van der Waals surface area contributed by atoms with Crippen molar-refractivity contribution in [2.45, 2.75) is 25.8 Å². The highest BCUT2D eigenvalue weighted by atomic mass is 16.2. The van der Waals surface area contributed by atoms with Crippen molar-refractivity contribution in [3.63, 3.8) is 0 Å². The zero-order chi connectivity index (χ0) is 18.2. The van der Waals surface area contributed by atoms with Gasteiger partial charge in [0.1, 0.15) is 0 Å². The molecule has 0 saturated carbocycles. The van der Waals surface area contributed by atoms with Crippen LogP contribution >= 0.6 is 0 Å². The van der Waals surface area contributed by atoms with Crippen LogP contribution < -0.4 is 5.32 Å². The molecule has 0 heterocycles. The summed E-state index contributed by atoms with van der Waals surface area (Å²) in [6, 6.07) is 17.7. The van der Waals surface area contributed by atoms with Crippen LogP contribution in [0.2, 0.25) is 0 Å². The fraction of sp³-hybridized carbons (Fsp3) is 0.333. The van der Waals surface area contributed by atoms with Gasteiger partial charge >= 0.3 is 0 Å². The number of nitrogens with zero attached hydrogens (tertiary/aromatic N) is 1. The monoisotopic (exact) mass is 338 g/mol. The highest BCUT2D eigenvalue weighted by molar-refractivity contribution is 5.99. The molecule has 4 nitrogen and oxygen atoms in total. The molecule has 132 valence electrons. The second-order valence-electron chi connectivity index (χ2n) is 6.43. The number of rotatable bonds is 8. The van der Waals surface area contributed by atoms with Crippen molar-refractivity contribution in [3.05, 3.63) is 71.3 Å². The van der Waals surface area contributed by atoms with Crippen molar-refractivity contribution < 1.29 is 9.59 Å². The van der Waals surface area contributed by atoms with Crippen LogP contribution in [0.15, 0.2) is 54.6 Å². The van der Waals surface area contributed by atoms with Crippen LogP contribution in [0.1, 0.15) is 40.4 Å². The number of amides is 1. The molecule has 1 unspecified atom stereocenters. The van der Waals surface area contributed by atoms with Crippen LogP contribution in [0, 0.1) is 6.92 Å². The van der Waals surface area contributed by atoms with Gasteiger partial charge in [-0.3, -0.25) is 9.59 Å². The van der Waals surface area contributed by atoms with Gasteiger partial charge in [0, 0.05) is 24.9 Å². The van der Waals surface area contributed by atoms with E-state index in [1.165, 1.54) is 0 Å². The van der Waals surface area contributed by atoms with Gasteiger partial charge in [-0.05, 0) is 32.1 Å². The number of nitrogens with one attached hydrogen (secondary N) is 1. The normalized spacial score (nSPS) is 12.0. The molecule has 0 aromatic heterocycles. The Morgan fingerprint density at radius 2 is 1.60 bits per heavy atom. The molecule has 2 aromatic carbocycles. The van der Waals surface area contributed by atoms with Gasteiger partial charge in [-0.25, -0.2) is 0 Å². The van der Waals surface area contributed by atoms with Crippen LogP contribution in [0.25, 0.3) is 0 Å². The predicted octanol–water partition coefficient (Wildman–Crippen LogP) is 3.38. The molecule has 0 fully saturated rings. The lowest BCUT2D eigenvalue weighted by Crippen LogP contribution is -2.34.